The minimum atomic E-state index is -1.44. The number of anilines is 4. The lowest BCUT2D eigenvalue weighted by Crippen LogP contribution is -2.74. The van der Waals surface area contributed by atoms with Gasteiger partial charge in [0.25, 0.3) is 0 Å². The quantitative estimate of drug-likeness (QED) is 0.0718. The number of ether oxygens (including phenoxy) is 4. The van der Waals surface area contributed by atoms with Crippen molar-refractivity contribution >= 4 is 98.3 Å². The summed E-state index contributed by atoms with van der Waals surface area (Å²) in [5.41, 5.74) is 14.8. The Morgan fingerprint density at radius 2 is 0.780 bits per heavy atom. The minimum Gasteiger partial charge on any atom is -0.465 e. The van der Waals surface area contributed by atoms with Crippen molar-refractivity contribution in [3.8, 4) is 0 Å². The molecule has 109 heavy (non-hydrogen) atoms. The summed E-state index contributed by atoms with van der Waals surface area (Å²) >= 11 is 0. The average molecular weight is 1470 g/mol. The van der Waals surface area contributed by atoms with Crippen LogP contribution in [0.2, 0.25) is 0 Å². The number of hydrogen-bond donors (Lipinski definition) is 4. The highest BCUT2D eigenvalue weighted by Gasteiger charge is 2.70. The van der Waals surface area contributed by atoms with Crippen molar-refractivity contribution in [2.45, 2.75) is 168 Å². The first kappa shape index (κ1) is 70.1. The Labute approximate surface area is 633 Å². The first-order chi connectivity index (χ1) is 51.9. The molecule has 10 atom stereocenters. The van der Waals surface area contributed by atoms with Crippen molar-refractivity contribution in [3.63, 3.8) is 0 Å². The van der Waals surface area contributed by atoms with Crippen LogP contribution in [0.25, 0.3) is 22.3 Å². The molecule has 7 bridgehead atoms. The maximum absolute atomic E-state index is 15.3. The van der Waals surface area contributed by atoms with E-state index in [1.165, 1.54) is 0 Å². The van der Waals surface area contributed by atoms with E-state index in [9.17, 15) is 19.2 Å². The minimum absolute atomic E-state index is 0.0371. The number of fused-ring (bicyclic) bond motifs is 18. The molecule has 12 heterocycles. The maximum Gasteiger partial charge on any atom is 0.426 e. The van der Waals surface area contributed by atoms with Crippen LogP contribution in [0.15, 0.2) is 133 Å². The lowest BCUT2D eigenvalue weighted by atomic mass is 9.78. The number of esters is 4. The van der Waals surface area contributed by atoms with Gasteiger partial charge < -0.3 is 40.2 Å². The van der Waals surface area contributed by atoms with Gasteiger partial charge in [0.2, 0.25) is 35.0 Å². The molecule has 14 aliphatic rings. The van der Waals surface area contributed by atoms with Gasteiger partial charge in [-0.25, -0.2) is 9.13 Å². The summed E-state index contributed by atoms with van der Waals surface area (Å²) in [6, 6.07) is 33.0. The lowest BCUT2D eigenvalue weighted by Gasteiger charge is -2.53. The Kier molecular flexibility index (Phi) is 15.9. The van der Waals surface area contributed by atoms with E-state index in [2.05, 4.69) is 208 Å². The van der Waals surface area contributed by atoms with E-state index in [1.54, 1.807) is 12.1 Å². The summed E-state index contributed by atoms with van der Waals surface area (Å²) in [5, 5.41) is 15.0. The molecule has 2 aromatic heterocycles. The van der Waals surface area contributed by atoms with Crippen LogP contribution in [0.1, 0.15) is 190 Å². The van der Waals surface area contributed by atoms with E-state index < -0.39 is 107 Å². The van der Waals surface area contributed by atoms with E-state index in [1.807, 2.05) is 24.3 Å². The van der Waals surface area contributed by atoms with Gasteiger partial charge in [-0.2, -0.15) is 0 Å². The molecule has 4 aromatic carbocycles. The van der Waals surface area contributed by atoms with Gasteiger partial charge in [0.15, 0.2) is 0 Å². The Morgan fingerprint density at radius 3 is 1.18 bits per heavy atom. The zero-order valence-corrected chi connectivity index (χ0v) is 63.9. The molecule has 6 aromatic rings. The van der Waals surface area contributed by atoms with E-state index >= 15 is 19.2 Å². The van der Waals surface area contributed by atoms with Crippen molar-refractivity contribution in [2.75, 3.05) is 47.7 Å². The van der Waals surface area contributed by atoms with Gasteiger partial charge in [0, 0.05) is 34.4 Å². The lowest BCUT2D eigenvalue weighted by molar-refractivity contribution is -0.638. The second kappa shape index (κ2) is 24.7. The Hall–Kier alpha value is -10.6. The van der Waals surface area contributed by atoms with E-state index in [4.69, 9.17) is 18.9 Å². The Bertz CT molecular complexity index is 5230. The fraction of sp³-hybridized carbons (Fsp3) is 0.427. The van der Waals surface area contributed by atoms with Crippen molar-refractivity contribution < 1.29 is 61.9 Å². The van der Waals surface area contributed by atoms with Crippen LogP contribution in [0.5, 0.6) is 0 Å². The van der Waals surface area contributed by atoms with Crippen LogP contribution < -0.4 is 32.0 Å². The number of hydrogen-bond acceptors (Lipinski definition) is 13. The molecule has 560 valence electrons. The summed E-state index contributed by atoms with van der Waals surface area (Å²) in [7, 11) is 0. The molecule has 10 unspecified atom stereocenters. The number of carbonyl (C=O) groups is 8. The third-order valence-electron chi connectivity index (χ3n) is 24.3. The van der Waals surface area contributed by atoms with E-state index in [0.29, 0.717) is 70.7 Å². The first-order valence-electron chi connectivity index (χ1n) is 38.9. The fourth-order valence-corrected chi connectivity index (χ4v) is 17.8. The molecule has 10 aliphatic heterocycles. The number of amides is 4. The number of carbonyl (C=O) groups excluding carboxylic acids is 8. The Balaban J connectivity index is 0.979. The largest absolute Gasteiger partial charge is 0.465 e. The maximum atomic E-state index is 15.3. The summed E-state index contributed by atoms with van der Waals surface area (Å²) in [6.45, 7) is 27.0. The number of rotatable bonds is 2. The number of aromatic nitrogens is 2. The number of nitrogens with one attached hydrogen (secondary N) is 4. The molecule has 20 rings (SSSR count). The van der Waals surface area contributed by atoms with Crippen LogP contribution in [-0.4, -0.2) is 104 Å². The zero-order valence-electron chi connectivity index (χ0n) is 63.9. The summed E-state index contributed by atoms with van der Waals surface area (Å²) in [6.07, 6.45) is 11.3. The van der Waals surface area contributed by atoms with Gasteiger partial charge in [-0.1, -0.05) is 138 Å². The van der Waals surface area contributed by atoms with Crippen LogP contribution in [0.4, 0.5) is 22.7 Å². The third kappa shape index (κ3) is 11.3. The first-order valence-corrected chi connectivity index (χ1v) is 38.9. The topological polar surface area (TPSA) is 238 Å². The van der Waals surface area contributed by atoms with Crippen LogP contribution in [0, 0.1) is 47.3 Å². The molecule has 4 saturated carbocycles. The fourth-order valence-electron chi connectivity index (χ4n) is 17.8. The molecule has 4 fully saturated rings. The molecule has 0 radical (unpaired) electrons. The number of benzene rings is 4. The molecule has 1 spiro atoms. The van der Waals surface area contributed by atoms with Crippen molar-refractivity contribution in [3.05, 3.63) is 199 Å². The summed E-state index contributed by atoms with van der Waals surface area (Å²) < 4.78 is 30.5. The number of allylic oxidation sites excluding steroid dienone is 3. The smallest absolute Gasteiger partial charge is 0.426 e. The van der Waals surface area contributed by atoms with E-state index in [-0.39, 0.29) is 73.8 Å². The molecule has 0 saturated heterocycles. The summed E-state index contributed by atoms with van der Waals surface area (Å²) in [5.74, 6) is -11.0. The molecular formula is C89H93N8O12+. The van der Waals surface area contributed by atoms with Gasteiger partial charge in [-0.15, -0.1) is 4.58 Å². The molecule has 20 nitrogen and oxygen atoms in total. The highest BCUT2D eigenvalue weighted by Crippen LogP contribution is 2.59. The molecule has 4 N–H and O–H groups in total. The van der Waals surface area contributed by atoms with Crippen LogP contribution >= 0.6 is 0 Å². The van der Waals surface area contributed by atoms with Crippen molar-refractivity contribution in [1.82, 2.24) is 14.0 Å². The van der Waals surface area contributed by atoms with Gasteiger partial charge in [-0.3, -0.25) is 43.3 Å². The van der Waals surface area contributed by atoms with Crippen molar-refractivity contribution in [2.24, 2.45) is 47.3 Å². The predicted molar refractivity (Wildman–Crippen MR) is 412 cm³/mol. The SMILES string of the molecule is CC(C)(C)c1cc(C2=C3C=CC4=[N+]3C35N6C7=C(c8c9cccc8NC(=O)C8CC8C(=O)OCCCCOC(=O)C8CC8C(=O)Nc8cccc(c8C4=c4ccc(n43)=C(c3cc(C(C)(C)C)cc(C(C)(C)C)c3)C6C=C7)NC(=O)C3CC3C(=O)OCCCCOC(=O)C3CC3C(=O)N9)c3ccc2n35)cc(C(C)(C)C)c1. The molecule has 4 aliphatic carbocycles. The Morgan fingerprint density at radius 1 is 0.404 bits per heavy atom. The van der Waals surface area contributed by atoms with E-state index in [0.717, 1.165) is 83.7 Å². The second-order valence-corrected chi connectivity index (χ2v) is 35.9. The standard InChI is InChI=1S/C89H92N8O12/c1-85(2,3)47-35-45(36-48(39-47)86(4,5)6)71-63-23-27-67-75-69-29-25-65-72(46-37-49(87(7,8)9)40-50(38-46)88(10,11)12)66-26-30-70-76(68-28-24-64(71)95(68)89(94(63)67,96(65)69)97(66)70)74-60-20-18-22-62(74)93-80(101)54-44-58(54)84(105)109-34-16-15-33-108-83(104)57-43-53(57)79(100)92-61-21-17-19-59(73(61)75)90-77(98)51-41-55(51)81(102)106-31-13-14-32-107-82(103)56-42-52(56)78(99)91-60/h17-30,35-40,51-58,63H,13-16,31-34,41-44H2,1-12H3,(H3-,90,91,92,93,98,99,100,101)/p+1. The van der Waals surface area contributed by atoms with Gasteiger partial charge in [0.05, 0.1) is 141 Å². The van der Waals surface area contributed by atoms with Gasteiger partial charge in [-0.05, 0) is 161 Å². The molecule has 4 amide bonds. The predicted octanol–water partition coefficient (Wildman–Crippen LogP) is 11.9. The zero-order chi connectivity index (χ0) is 76.2. The van der Waals surface area contributed by atoms with Crippen LogP contribution in [-0.2, 0) is 84.9 Å². The van der Waals surface area contributed by atoms with Crippen LogP contribution in [0.3, 0.4) is 0 Å². The normalized spacial score (nSPS) is 27.1. The monoisotopic (exact) mass is 1470 g/mol. The molecular weight excluding hydrogens is 1370 g/mol. The van der Waals surface area contributed by atoms with Crippen molar-refractivity contribution in [1.29, 1.82) is 0 Å². The number of nitrogens with zero attached hydrogens (tertiary/aromatic N) is 4. The second-order valence-electron chi connectivity index (χ2n) is 35.9. The highest BCUT2D eigenvalue weighted by atomic mass is 16.5. The molecule has 20 heteroatoms. The highest BCUT2D eigenvalue weighted by molar-refractivity contribution is 6.31. The third-order valence-corrected chi connectivity index (χ3v) is 24.3. The summed E-state index contributed by atoms with van der Waals surface area (Å²) in [4.78, 5) is 119. The average Bonchev–Trinajstić information content (AvgIpc) is 1.28. The van der Waals surface area contributed by atoms with Gasteiger partial charge >= 0.3 is 29.8 Å². The van der Waals surface area contributed by atoms with Gasteiger partial charge in [0.1, 0.15) is 0 Å².